The molecule has 102 valence electrons. The lowest BCUT2D eigenvalue weighted by Gasteiger charge is -2.12. The first-order valence-corrected chi connectivity index (χ1v) is 6.73. The highest BCUT2D eigenvalue weighted by Gasteiger charge is 2.11. The van der Waals surface area contributed by atoms with E-state index in [4.69, 9.17) is 11.6 Å². The molecule has 1 aliphatic rings. The summed E-state index contributed by atoms with van der Waals surface area (Å²) >= 11 is 5.88. The molecule has 0 radical (unpaired) electrons. The van der Waals surface area contributed by atoms with Crippen molar-refractivity contribution in [3.8, 4) is 0 Å². The van der Waals surface area contributed by atoms with Gasteiger partial charge in [-0.15, -0.1) is 5.10 Å². The highest BCUT2D eigenvalue weighted by molar-refractivity contribution is 6.29. The van der Waals surface area contributed by atoms with Crippen molar-refractivity contribution in [1.82, 2.24) is 20.3 Å². The Balaban J connectivity index is 1.70. The molecule has 0 saturated carbocycles. The van der Waals surface area contributed by atoms with Gasteiger partial charge in [0.1, 0.15) is 12.1 Å². The average Bonchev–Trinajstić information content (AvgIpc) is 2.85. The zero-order valence-corrected chi connectivity index (χ0v) is 11.5. The molecular weight excluding hydrogens is 276 g/mol. The summed E-state index contributed by atoms with van der Waals surface area (Å²) < 4.78 is 1.59. The summed E-state index contributed by atoms with van der Waals surface area (Å²) in [5.74, 6) is -0.113. The highest BCUT2D eigenvalue weighted by atomic mass is 35.5. The maximum Gasteiger partial charge on any atom is 0.245 e. The molecule has 0 atom stereocenters. The first-order chi connectivity index (χ1) is 9.72. The van der Waals surface area contributed by atoms with Crippen molar-refractivity contribution < 1.29 is 4.79 Å². The number of fused-ring (bicyclic) bond motifs is 1. The molecule has 20 heavy (non-hydrogen) atoms. The third kappa shape index (κ3) is 2.72. The van der Waals surface area contributed by atoms with E-state index in [-0.39, 0.29) is 12.5 Å². The summed E-state index contributed by atoms with van der Waals surface area (Å²) in [6.07, 6.45) is 5.16. The fourth-order valence-electron chi connectivity index (χ4n) is 2.10. The van der Waals surface area contributed by atoms with Crippen LogP contribution in [-0.4, -0.2) is 20.9 Å². The van der Waals surface area contributed by atoms with Crippen molar-refractivity contribution in [2.24, 2.45) is 0 Å². The molecule has 3 rings (SSSR count). The van der Waals surface area contributed by atoms with Crippen LogP contribution in [0, 0.1) is 0 Å². The summed E-state index contributed by atoms with van der Waals surface area (Å²) in [4.78, 5) is 12.0. The van der Waals surface area contributed by atoms with E-state index < -0.39 is 0 Å². The number of benzene rings is 1. The predicted molar refractivity (Wildman–Crippen MR) is 76.9 cm³/mol. The second-order valence-corrected chi connectivity index (χ2v) is 5.07. The van der Waals surface area contributed by atoms with Crippen molar-refractivity contribution in [3.05, 3.63) is 47.1 Å². The molecule has 6 heteroatoms. The molecular formula is C14H13ClN4O. The smallest absolute Gasteiger partial charge is 0.245 e. The molecule has 0 spiro atoms. The summed E-state index contributed by atoms with van der Waals surface area (Å²) in [5.41, 5.74) is 2.51. The normalized spacial score (nSPS) is 14.8. The minimum Gasteiger partial charge on any atom is -0.328 e. The van der Waals surface area contributed by atoms with Gasteiger partial charge in [-0.2, -0.15) is 0 Å². The van der Waals surface area contributed by atoms with Crippen LogP contribution in [0.4, 0.5) is 0 Å². The largest absolute Gasteiger partial charge is 0.328 e. The van der Waals surface area contributed by atoms with Gasteiger partial charge in [0.15, 0.2) is 0 Å². The Bertz CT molecular complexity index is 717. The van der Waals surface area contributed by atoms with Crippen LogP contribution >= 0.6 is 11.6 Å². The molecule has 0 fully saturated rings. The Morgan fingerprint density at radius 1 is 1.30 bits per heavy atom. The van der Waals surface area contributed by atoms with Crippen LogP contribution in [-0.2, 0) is 11.3 Å². The Hall–Kier alpha value is -2.14. The van der Waals surface area contributed by atoms with Gasteiger partial charge in [-0.1, -0.05) is 28.9 Å². The molecule has 0 bridgehead atoms. The van der Waals surface area contributed by atoms with Crippen LogP contribution in [0.1, 0.15) is 12.8 Å². The van der Waals surface area contributed by atoms with Crippen LogP contribution in [0.15, 0.2) is 47.1 Å². The molecule has 1 aliphatic carbocycles. The molecule has 1 N–H and O–H groups in total. The van der Waals surface area contributed by atoms with E-state index in [2.05, 4.69) is 15.6 Å². The van der Waals surface area contributed by atoms with E-state index in [1.54, 1.807) is 4.68 Å². The molecule has 5 nitrogen and oxygen atoms in total. The van der Waals surface area contributed by atoms with Crippen molar-refractivity contribution in [2.45, 2.75) is 19.4 Å². The maximum atomic E-state index is 12.0. The first kappa shape index (κ1) is 12.9. The number of allylic oxidation sites excluding steroid dienone is 4. The second-order valence-electron chi connectivity index (χ2n) is 4.59. The molecule has 1 heterocycles. The Morgan fingerprint density at radius 2 is 2.15 bits per heavy atom. The number of aromatic nitrogens is 3. The van der Waals surface area contributed by atoms with Gasteiger partial charge in [-0.25, -0.2) is 4.68 Å². The quantitative estimate of drug-likeness (QED) is 0.943. The van der Waals surface area contributed by atoms with E-state index in [0.29, 0.717) is 0 Å². The Kier molecular flexibility index (Phi) is 3.52. The van der Waals surface area contributed by atoms with Gasteiger partial charge >= 0.3 is 0 Å². The van der Waals surface area contributed by atoms with E-state index in [1.165, 1.54) is 0 Å². The number of nitrogens with one attached hydrogen (secondary N) is 1. The summed E-state index contributed by atoms with van der Waals surface area (Å²) in [7, 11) is 0. The van der Waals surface area contributed by atoms with E-state index in [1.807, 2.05) is 36.4 Å². The van der Waals surface area contributed by atoms with Crippen LogP contribution in [0.3, 0.4) is 0 Å². The minimum atomic E-state index is -0.113. The lowest BCUT2D eigenvalue weighted by Crippen LogP contribution is -2.28. The number of hydrogen-bond acceptors (Lipinski definition) is 3. The lowest BCUT2D eigenvalue weighted by atomic mass is 10.1. The number of para-hydroxylation sites is 1. The molecule has 1 aromatic carbocycles. The number of halogens is 1. The summed E-state index contributed by atoms with van der Waals surface area (Å²) in [6.45, 7) is 0.148. The zero-order valence-electron chi connectivity index (χ0n) is 10.7. The van der Waals surface area contributed by atoms with Crippen molar-refractivity contribution in [1.29, 1.82) is 0 Å². The Labute approximate surface area is 120 Å². The predicted octanol–water partition coefficient (Wildman–Crippen LogP) is 2.35. The molecule has 0 unspecified atom stereocenters. The van der Waals surface area contributed by atoms with Gasteiger partial charge in [-0.05, 0) is 37.1 Å². The van der Waals surface area contributed by atoms with E-state index >= 15 is 0 Å². The summed E-state index contributed by atoms with van der Waals surface area (Å²) in [6, 6.07) is 7.55. The lowest BCUT2D eigenvalue weighted by molar-refractivity contribution is -0.121. The van der Waals surface area contributed by atoms with Crippen molar-refractivity contribution >= 4 is 28.5 Å². The molecule has 0 aliphatic heterocycles. The number of carbonyl (C=O) groups excluding carboxylic acids is 1. The van der Waals surface area contributed by atoms with Crippen molar-refractivity contribution in [2.75, 3.05) is 0 Å². The third-order valence-corrected chi connectivity index (χ3v) is 3.43. The van der Waals surface area contributed by atoms with Gasteiger partial charge in [0.25, 0.3) is 0 Å². The first-order valence-electron chi connectivity index (χ1n) is 6.36. The monoisotopic (exact) mass is 288 g/mol. The molecule has 0 saturated heterocycles. The van der Waals surface area contributed by atoms with Crippen LogP contribution in [0.5, 0.6) is 0 Å². The standard InChI is InChI=1S/C14H13ClN4O/c15-10-5-7-11(8-6-10)16-14(20)9-19-13-4-2-1-3-12(13)17-18-19/h1-5,7H,6,8-9H2,(H,16,20). The van der Waals surface area contributed by atoms with Gasteiger partial charge in [-0.3, -0.25) is 4.79 Å². The highest BCUT2D eigenvalue weighted by Crippen LogP contribution is 2.19. The molecule has 1 amide bonds. The van der Waals surface area contributed by atoms with Crippen LogP contribution < -0.4 is 5.32 Å². The van der Waals surface area contributed by atoms with Gasteiger partial charge in [0.2, 0.25) is 5.91 Å². The van der Waals surface area contributed by atoms with Crippen molar-refractivity contribution in [3.63, 3.8) is 0 Å². The average molecular weight is 289 g/mol. The van der Waals surface area contributed by atoms with Crippen LogP contribution in [0.2, 0.25) is 0 Å². The number of rotatable bonds is 3. The number of amides is 1. The maximum absolute atomic E-state index is 12.0. The number of carbonyl (C=O) groups is 1. The topological polar surface area (TPSA) is 59.8 Å². The Morgan fingerprint density at radius 3 is 2.95 bits per heavy atom. The molecule has 2 aromatic rings. The van der Waals surface area contributed by atoms with E-state index in [9.17, 15) is 4.79 Å². The fraction of sp³-hybridized carbons (Fsp3) is 0.214. The van der Waals surface area contributed by atoms with Gasteiger partial charge in [0.05, 0.1) is 5.52 Å². The minimum absolute atomic E-state index is 0.113. The fourth-order valence-corrected chi connectivity index (χ4v) is 2.26. The van der Waals surface area contributed by atoms with Crippen LogP contribution in [0.25, 0.3) is 11.0 Å². The summed E-state index contributed by atoms with van der Waals surface area (Å²) in [5, 5.41) is 11.7. The van der Waals surface area contributed by atoms with E-state index in [0.717, 1.165) is 34.6 Å². The number of hydrogen-bond donors (Lipinski definition) is 1. The zero-order chi connectivity index (χ0) is 13.9. The number of nitrogens with zero attached hydrogens (tertiary/aromatic N) is 3. The second kappa shape index (κ2) is 5.46. The van der Waals surface area contributed by atoms with Gasteiger partial charge < -0.3 is 5.32 Å². The molecule has 1 aromatic heterocycles. The SMILES string of the molecule is O=C(Cn1nnc2ccccc21)NC1=CC=C(Cl)CC1. The third-order valence-electron chi connectivity index (χ3n) is 3.11. The van der Waals surface area contributed by atoms with Gasteiger partial charge in [0, 0.05) is 10.7 Å².